The minimum absolute atomic E-state index is 0.0755. The predicted molar refractivity (Wildman–Crippen MR) is 146 cm³/mol. The molecular weight excluding hydrogens is 492 g/mol. The Kier molecular flexibility index (Phi) is 7.02. The van der Waals surface area contributed by atoms with Gasteiger partial charge in [-0.25, -0.2) is 0 Å². The summed E-state index contributed by atoms with van der Waals surface area (Å²) in [6.45, 7) is 2.40. The molecule has 4 aromatic rings. The summed E-state index contributed by atoms with van der Waals surface area (Å²) in [5.41, 5.74) is 3.60. The van der Waals surface area contributed by atoms with Crippen LogP contribution in [0.3, 0.4) is 0 Å². The van der Waals surface area contributed by atoms with Gasteiger partial charge in [-0.1, -0.05) is 35.9 Å². The van der Waals surface area contributed by atoms with E-state index in [4.69, 9.17) is 28.2 Å². The van der Waals surface area contributed by atoms with Crippen LogP contribution >= 0.6 is 23.8 Å². The zero-order chi connectivity index (χ0) is 25.1. The predicted octanol–water partition coefficient (Wildman–Crippen LogP) is 6.30. The average Bonchev–Trinajstić information content (AvgIpc) is 3.50. The standard InChI is InChI=1S/C28H25ClN4O2S/c1-18-6-2-3-7-21(18)31-25(34)15-17-33-27(26(32-28(33)36)22-8-4-5-16-30-22)24-14-13-23(35-24)19-9-11-20(29)12-10-19/h2-14,16,26-27H,15,17H2,1H3,(H,31,34)(H,32,36)/t26-,27-/m0/s1. The summed E-state index contributed by atoms with van der Waals surface area (Å²) in [5, 5.41) is 7.62. The second-order valence-electron chi connectivity index (χ2n) is 8.64. The van der Waals surface area contributed by atoms with Crippen LogP contribution in [0.1, 0.15) is 35.5 Å². The Morgan fingerprint density at radius 1 is 1.08 bits per heavy atom. The van der Waals surface area contributed by atoms with E-state index in [0.29, 0.717) is 16.7 Å². The number of carbonyl (C=O) groups excluding carboxylic acids is 1. The monoisotopic (exact) mass is 516 g/mol. The minimum atomic E-state index is -0.264. The fourth-order valence-electron chi connectivity index (χ4n) is 4.38. The van der Waals surface area contributed by atoms with E-state index in [-0.39, 0.29) is 24.4 Å². The van der Waals surface area contributed by atoms with Crippen molar-refractivity contribution in [2.24, 2.45) is 0 Å². The third kappa shape index (κ3) is 5.12. The molecule has 2 atom stereocenters. The van der Waals surface area contributed by atoms with Crippen LogP contribution in [0.25, 0.3) is 11.3 Å². The summed E-state index contributed by atoms with van der Waals surface area (Å²) >= 11 is 11.8. The molecule has 8 heteroatoms. The summed E-state index contributed by atoms with van der Waals surface area (Å²) in [4.78, 5) is 19.4. The Morgan fingerprint density at radius 3 is 2.61 bits per heavy atom. The first-order chi connectivity index (χ1) is 17.5. The van der Waals surface area contributed by atoms with Gasteiger partial charge >= 0.3 is 0 Å². The molecule has 0 radical (unpaired) electrons. The summed E-state index contributed by atoms with van der Waals surface area (Å²) in [6.07, 6.45) is 2.03. The molecule has 0 unspecified atom stereocenters. The first-order valence-corrected chi connectivity index (χ1v) is 12.5. The normalized spacial score (nSPS) is 17.2. The Morgan fingerprint density at radius 2 is 1.86 bits per heavy atom. The maximum absolute atomic E-state index is 12.8. The van der Waals surface area contributed by atoms with Gasteiger partial charge in [-0.3, -0.25) is 9.78 Å². The van der Waals surface area contributed by atoms with Crippen molar-refractivity contribution in [3.8, 4) is 11.3 Å². The van der Waals surface area contributed by atoms with Crippen molar-refractivity contribution in [3.63, 3.8) is 0 Å². The Hall–Kier alpha value is -3.68. The molecule has 3 heterocycles. The van der Waals surface area contributed by atoms with Gasteiger partial charge in [0.05, 0.1) is 11.7 Å². The number of aryl methyl sites for hydroxylation is 1. The highest BCUT2D eigenvalue weighted by atomic mass is 35.5. The van der Waals surface area contributed by atoms with Crippen LogP contribution in [0.15, 0.2) is 89.5 Å². The minimum Gasteiger partial charge on any atom is -0.459 e. The van der Waals surface area contributed by atoms with Crippen molar-refractivity contribution >= 4 is 40.5 Å². The second-order valence-corrected chi connectivity index (χ2v) is 9.47. The van der Waals surface area contributed by atoms with E-state index in [0.717, 1.165) is 34.0 Å². The molecule has 1 fully saturated rings. The number of halogens is 1. The third-order valence-corrected chi connectivity index (χ3v) is 6.85. The summed E-state index contributed by atoms with van der Waals surface area (Å²) < 4.78 is 6.33. The lowest BCUT2D eigenvalue weighted by atomic mass is 10.0. The topological polar surface area (TPSA) is 70.4 Å². The number of anilines is 1. The van der Waals surface area contributed by atoms with Crippen molar-refractivity contribution in [1.29, 1.82) is 0 Å². The molecule has 6 nitrogen and oxygen atoms in total. The first kappa shape index (κ1) is 24.0. The molecule has 2 aromatic carbocycles. The van der Waals surface area contributed by atoms with Gasteiger partial charge in [0.25, 0.3) is 0 Å². The maximum atomic E-state index is 12.8. The molecule has 0 saturated carbocycles. The van der Waals surface area contributed by atoms with Gasteiger partial charge in [0.2, 0.25) is 5.91 Å². The Balaban J connectivity index is 1.40. The summed E-state index contributed by atoms with van der Waals surface area (Å²) in [7, 11) is 0. The summed E-state index contributed by atoms with van der Waals surface area (Å²) in [5.74, 6) is 1.40. The van der Waals surface area contributed by atoms with Crippen LogP contribution in [0, 0.1) is 6.92 Å². The molecular formula is C28H25ClN4O2S. The summed E-state index contributed by atoms with van der Waals surface area (Å²) in [6, 6.07) is 24.4. The number of pyridine rings is 1. The van der Waals surface area contributed by atoms with E-state index >= 15 is 0 Å². The zero-order valence-corrected chi connectivity index (χ0v) is 21.2. The van der Waals surface area contributed by atoms with E-state index in [1.165, 1.54) is 0 Å². The maximum Gasteiger partial charge on any atom is 0.226 e. The van der Waals surface area contributed by atoms with E-state index in [2.05, 4.69) is 15.6 Å². The van der Waals surface area contributed by atoms with Crippen LogP contribution in [-0.4, -0.2) is 27.4 Å². The van der Waals surface area contributed by atoms with Gasteiger partial charge in [0.15, 0.2) is 5.11 Å². The molecule has 2 aromatic heterocycles. The molecule has 1 saturated heterocycles. The first-order valence-electron chi connectivity index (χ1n) is 11.7. The van der Waals surface area contributed by atoms with Crippen LogP contribution in [0.4, 0.5) is 5.69 Å². The van der Waals surface area contributed by atoms with Crippen LogP contribution in [0.2, 0.25) is 5.02 Å². The number of hydrogen-bond donors (Lipinski definition) is 2. The molecule has 0 spiro atoms. The number of aromatic nitrogens is 1. The van der Waals surface area contributed by atoms with E-state index < -0.39 is 0 Å². The molecule has 1 amide bonds. The molecule has 0 bridgehead atoms. The quantitative estimate of drug-likeness (QED) is 0.281. The average molecular weight is 517 g/mol. The lowest BCUT2D eigenvalue weighted by molar-refractivity contribution is -0.116. The van der Waals surface area contributed by atoms with Crippen molar-refractivity contribution in [3.05, 3.63) is 107 Å². The number of para-hydroxylation sites is 1. The number of hydrogen-bond acceptors (Lipinski definition) is 4. The van der Waals surface area contributed by atoms with Crippen molar-refractivity contribution in [1.82, 2.24) is 15.2 Å². The Bertz CT molecular complexity index is 1370. The Labute approximate surface area is 220 Å². The van der Waals surface area contributed by atoms with E-state index in [1.807, 2.05) is 90.7 Å². The van der Waals surface area contributed by atoms with Gasteiger partial charge in [-0.2, -0.15) is 0 Å². The largest absolute Gasteiger partial charge is 0.459 e. The van der Waals surface area contributed by atoms with Gasteiger partial charge in [0.1, 0.15) is 17.6 Å². The zero-order valence-electron chi connectivity index (χ0n) is 19.6. The number of thiocarbonyl (C=S) groups is 1. The lowest BCUT2D eigenvalue weighted by Gasteiger charge is -2.26. The number of amides is 1. The number of benzene rings is 2. The highest BCUT2D eigenvalue weighted by Crippen LogP contribution is 2.40. The molecule has 0 aliphatic carbocycles. The number of nitrogens with zero attached hydrogens (tertiary/aromatic N) is 2. The van der Waals surface area contributed by atoms with E-state index in [1.54, 1.807) is 6.20 Å². The lowest BCUT2D eigenvalue weighted by Crippen LogP contribution is -2.32. The van der Waals surface area contributed by atoms with Crippen LogP contribution in [0.5, 0.6) is 0 Å². The van der Waals surface area contributed by atoms with Crippen LogP contribution < -0.4 is 10.6 Å². The molecule has 182 valence electrons. The van der Waals surface area contributed by atoms with Gasteiger partial charge in [-0.05, 0) is 79.3 Å². The van der Waals surface area contributed by atoms with E-state index in [9.17, 15) is 4.79 Å². The fraction of sp³-hybridized carbons (Fsp3) is 0.179. The number of furan rings is 1. The highest BCUT2D eigenvalue weighted by molar-refractivity contribution is 7.80. The molecule has 1 aliphatic heterocycles. The second kappa shape index (κ2) is 10.5. The van der Waals surface area contributed by atoms with Crippen LogP contribution in [-0.2, 0) is 4.79 Å². The number of nitrogens with one attached hydrogen (secondary N) is 2. The van der Waals surface area contributed by atoms with Gasteiger partial charge in [0, 0.05) is 35.4 Å². The van der Waals surface area contributed by atoms with Crippen molar-refractivity contribution in [2.75, 3.05) is 11.9 Å². The van der Waals surface area contributed by atoms with Gasteiger partial charge in [-0.15, -0.1) is 0 Å². The van der Waals surface area contributed by atoms with Gasteiger partial charge < -0.3 is 20.0 Å². The molecule has 1 aliphatic rings. The SMILES string of the molecule is Cc1ccccc1NC(=O)CCN1C(=S)N[C@@H](c2ccccn2)[C@@H]1c1ccc(-c2ccc(Cl)cc2)o1. The number of carbonyl (C=O) groups is 1. The van der Waals surface area contributed by atoms with Crippen molar-refractivity contribution in [2.45, 2.75) is 25.4 Å². The molecule has 2 N–H and O–H groups in total. The molecule has 5 rings (SSSR count). The third-order valence-electron chi connectivity index (χ3n) is 6.24. The number of rotatable bonds is 7. The molecule has 36 heavy (non-hydrogen) atoms. The highest BCUT2D eigenvalue weighted by Gasteiger charge is 2.41. The fourth-order valence-corrected chi connectivity index (χ4v) is 4.84. The smallest absolute Gasteiger partial charge is 0.226 e. The van der Waals surface area contributed by atoms with Crippen molar-refractivity contribution < 1.29 is 9.21 Å².